The van der Waals surface area contributed by atoms with E-state index in [9.17, 15) is 13.2 Å². The molecule has 0 unspecified atom stereocenters. The van der Waals surface area contributed by atoms with E-state index in [-0.39, 0.29) is 17.1 Å². The summed E-state index contributed by atoms with van der Waals surface area (Å²) in [6.07, 6.45) is -1.94. The Hall–Kier alpha value is -0.860. The maximum absolute atomic E-state index is 12.1. The largest absolute Gasteiger partial charge is 0.522 e. The molecule has 116 valence electrons. The first-order chi connectivity index (χ1) is 9.74. The molecule has 4 aliphatic rings. The van der Waals surface area contributed by atoms with Crippen LogP contribution in [0.25, 0.3) is 0 Å². The molecule has 2 bridgehead atoms. The molecule has 4 nitrogen and oxygen atoms in total. The first kappa shape index (κ1) is 13.8. The number of nitrogens with zero attached hydrogens (tertiary/aromatic N) is 1. The molecule has 0 aliphatic heterocycles. The third-order valence-electron chi connectivity index (χ3n) is 4.64. The summed E-state index contributed by atoms with van der Waals surface area (Å²) in [6, 6.07) is 0. The van der Waals surface area contributed by atoms with Gasteiger partial charge in [-0.05, 0) is 12.8 Å². The molecule has 0 spiro atoms. The molecule has 1 aromatic heterocycles. The minimum absolute atomic E-state index is 0.0176. The lowest BCUT2D eigenvalue weighted by Crippen LogP contribution is -2.78. The zero-order valence-corrected chi connectivity index (χ0v) is 12.0. The maximum Gasteiger partial charge on any atom is 0.522 e. The highest BCUT2D eigenvalue weighted by atomic mass is 32.1. The molecule has 2 N–H and O–H groups in total. The molecule has 0 saturated heterocycles. The number of ether oxygens (including phenoxy) is 2. The van der Waals surface area contributed by atoms with Crippen LogP contribution in [0.5, 0.6) is 5.19 Å². The standard InChI is InChI=1S/C13H15F3N2O2S/c14-13(15,16)19-8-1-7(2-8)9-3-21-10(18-9)20-12-4-11(17,5-12)6-12/h3,7-8H,1-2,4-6,17H2/t7-,8+,11?,12?. The van der Waals surface area contributed by atoms with Crippen LogP contribution in [-0.2, 0) is 4.74 Å². The molecule has 0 atom stereocenters. The van der Waals surface area contributed by atoms with Gasteiger partial charge in [-0.15, -0.1) is 13.2 Å². The third kappa shape index (κ3) is 2.43. The van der Waals surface area contributed by atoms with Crippen molar-refractivity contribution in [2.24, 2.45) is 5.73 Å². The van der Waals surface area contributed by atoms with Crippen LogP contribution in [0.4, 0.5) is 13.2 Å². The van der Waals surface area contributed by atoms with Crippen molar-refractivity contribution in [1.82, 2.24) is 4.98 Å². The van der Waals surface area contributed by atoms with Gasteiger partial charge in [0, 0.05) is 36.1 Å². The van der Waals surface area contributed by atoms with E-state index in [2.05, 4.69) is 9.72 Å². The summed E-state index contributed by atoms with van der Waals surface area (Å²) in [6.45, 7) is 0. The lowest BCUT2D eigenvalue weighted by molar-refractivity contribution is -0.351. The van der Waals surface area contributed by atoms with Crippen LogP contribution in [-0.4, -0.2) is 28.6 Å². The van der Waals surface area contributed by atoms with E-state index in [0.29, 0.717) is 18.0 Å². The van der Waals surface area contributed by atoms with Gasteiger partial charge in [0.05, 0.1) is 11.8 Å². The van der Waals surface area contributed by atoms with E-state index in [0.717, 1.165) is 25.0 Å². The van der Waals surface area contributed by atoms with Crippen molar-refractivity contribution in [2.75, 3.05) is 0 Å². The van der Waals surface area contributed by atoms with Crippen LogP contribution in [0.1, 0.15) is 43.7 Å². The maximum atomic E-state index is 12.1. The Morgan fingerprint density at radius 1 is 1.29 bits per heavy atom. The molecule has 4 aliphatic carbocycles. The molecule has 5 rings (SSSR count). The minimum Gasteiger partial charge on any atom is -0.463 e. The number of alkyl halides is 3. The zero-order valence-electron chi connectivity index (χ0n) is 11.2. The van der Waals surface area contributed by atoms with Gasteiger partial charge < -0.3 is 10.5 Å². The Labute approximate surface area is 123 Å². The van der Waals surface area contributed by atoms with E-state index in [1.54, 1.807) is 0 Å². The third-order valence-corrected chi connectivity index (χ3v) is 5.38. The highest BCUT2D eigenvalue weighted by Crippen LogP contribution is 2.61. The van der Waals surface area contributed by atoms with E-state index in [1.807, 2.05) is 5.38 Å². The fraction of sp³-hybridized carbons (Fsp3) is 0.769. The first-order valence-electron chi connectivity index (χ1n) is 6.92. The Morgan fingerprint density at radius 3 is 2.52 bits per heavy atom. The smallest absolute Gasteiger partial charge is 0.463 e. The monoisotopic (exact) mass is 320 g/mol. The van der Waals surface area contributed by atoms with Crippen LogP contribution in [0.15, 0.2) is 5.38 Å². The van der Waals surface area contributed by atoms with Crippen LogP contribution in [0.3, 0.4) is 0 Å². The van der Waals surface area contributed by atoms with Crippen LogP contribution >= 0.6 is 11.3 Å². The minimum atomic E-state index is -4.55. The second-order valence-corrected chi connectivity index (χ2v) is 7.39. The SMILES string of the molecule is NC12CC(Oc3nc([C@H]4C[C@@H](OC(F)(F)F)C4)cs3)(C1)C2. The molecule has 4 fully saturated rings. The average molecular weight is 320 g/mol. The molecule has 21 heavy (non-hydrogen) atoms. The molecule has 0 radical (unpaired) electrons. The van der Waals surface area contributed by atoms with Crippen molar-refractivity contribution in [3.8, 4) is 5.19 Å². The van der Waals surface area contributed by atoms with E-state index in [1.165, 1.54) is 11.3 Å². The molecule has 1 heterocycles. The highest BCUT2D eigenvalue weighted by molar-refractivity contribution is 7.11. The fourth-order valence-corrected chi connectivity index (χ4v) is 4.51. The Kier molecular flexibility index (Phi) is 2.70. The van der Waals surface area contributed by atoms with Gasteiger partial charge in [0.2, 0.25) is 0 Å². The lowest BCUT2D eigenvalue weighted by Gasteiger charge is -2.67. The van der Waals surface area contributed by atoms with Crippen LogP contribution in [0.2, 0.25) is 0 Å². The van der Waals surface area contributed by atoms with Crippen molar-refractivity contribution in [1.29, 1.82) is 0 Å². The molecule has 8 heteroatoms. The molecule has 1 aromatic rings. The summed E-state index contributed by atoms with van der Waals surface area (Å²) < 4.78 is 46.1. The summed E-state index contributed by atoms with van der Waals surface area (Å²) >= 11 is 1.40. The summed E-state index contributed by atoms with van der Waals surface area (Å²) in [5, 5.41) is 2.47. The Balaban J connectivity index is 1.30. The van der Waals surface area contributed by atoms with E-state index >= 15 is 0 Å². The summed E-state index contributed by atoms with van der Waals surface area (Å²) in [5.41, 5.74) is 6.65. The predicted octanol–water partition coefficient (Wildman–Crippen LogP) is 2.94. The lowest BCUT2D eigenvalue weighted by atomic mass is 9.47. The second kappa shape index (κ2) is 4.11. The number of hydrogen-bond acceptors (Lipinski definition) is 5. The second-order valence-electron chi connectivity index (χ2n) is 6.57. The molecular formula is C13H15F3N2O2S. The van der Waals surface area contributed by atoms with E-state index in [4.69, 9.17) is 10.5 Å². The van der Waals surface area contributed by atoms with Gasteiger partial charge in [0.25, 0.3) is 5.19 Å². The first-order valence-corrected chi connectivity index (χ1v) is 7.80. The molecule has 0 aromatic carbocycles. The van der Waals surface area contributed by atoms with Crippen LogP contribution in [0, 0.1) is 0 Å². The number of nitrogens with two attached hydrogens (primary N) is 1. The fourth-order valence-electron chi connectivity index (χ4n) is 3.66. The Morgan fingerprint density at radius 2 is 1.95 bits per heavy atom. The number of halogens is 3. The van der Waals surface area contributed by atoms with Crippen molar-refractivity contribution in [3.63, 3.8) is 0 Å². The van der Waals surface area contributed by atoms with Crippen molar-refractivity contribution in [3.05, 3.63) is 11.1 Å². The Bertz CT molecular complexity index is 548. The summed E-state index contributed by atoms with van der Waals surface area (Å²) in [7, 11) is 0. The van der Waals surface area contributed by atoms with E-state index < -0.39 is 12.5 Å². The van der Waals surface area contributed by atoms with Gasteiger partial charge in [0.1, 0.15) is 5.60 Å². The van der Waals surface area contributed by atoms with Gasteiger partial charge in [-0.25, -0.2) is 4.98 Å². The summed E-state index contributed by atoms with van der Waals surface area (Å²) in [5.74, 6) is 0.0415. The molecular weight excluding hydrogens is 305 g/mol. The van der Waals surface area contributed by atoms with Crippen LogP contribution < -0.4 is 10.5 Å². The predicted molar refractivity (Wildman–Crippen MR) is 69.1 cm³/mol. The average Bonchev–Trinajstić information content (AvgIpc) is 2.66. The number of thiazole rings is 1. The van der Waals surface area contributed by atoms with Crippen molar-refractivity contribution in [2.45, 2.75) is 61.6 Å². The molecule has 0 amide bonds. The van der Waals surface area contributed by atoms with Gasteiger partial charge in [0.15, 0.2) is 0 Å². The number of aromatic nitrogens is 1. The number of hydrogen-bond donors (Lipinski definition) is 1. The normalized spacial score (nSPS) is 41.0. The topological polar surface area (TPSA) is 57.4 Å². The van der Waals surface area contributed by atoms with Gasteiger partial charge >= 0.3 is 6.36 Å². The quantitative estimate of drug-likeness (QED) is 0.927. The highest BCUT2D eigenvalue weighted by Gasteiger charge is 2.68. The number of rotatable bonds is 4. The van der Waals surface area contributed by atoms with Crippen molar-refractivity contribution >= 4 is 11.3 Å². The zero-order chi connectivity index (χ0) is 14.9. The van der Waals surface area contributed by atoms with Gasteiger partial charge in [-0.2, -0.15) is 0 Å². The van der Waals surface area contributed by atoms with Crippen molar-refractivity contribution < 1.29 is 22.6 Å². The summed E-state index contributed by atoms with van der Waals surface area (Å²) in [4.78, 5) is 4.40. The van der Waals surface area contributed by atoms with Gasteiger partial charge in [-0.1, -0.05) is 11.3 Å². The molecule has 4 saturated carbocycles. The van der Waals surface area contributed by atoms with Gasteiger partial charge in [-0.3, -0.25) is 4.74 Å².